The molecule has 12 heteroatoms. The minimum Gasteiger partial charge on any atom is -0.264 e. The van der Waals surface area contributed by atoms with Gasteiger partial charge in [-0.15, -0.1) is 0 Å². The molecule has 0 N–H and O–H groups in total. The van der Waals surface area contributed by atoms with Crippen LogP contribution in [0.4, 0.5) is 0 Å². The van der Waals surface area contributed by atoms with Gasteiger partial charge in [-0.2, -0.15) is 0 Å². The van der Waals surface area contributed by atoms with Gasteiger partial charge in [0.05, 0.1) is 4.90 Å². The van der Waals surface area contributed by atoms with Gasteiger partial charge in [0.15, 0.2) is 9.84 Å². The lowest BCUT2D eigenvalue weighted by atomic mass is 9.82. The Morgan fingerprint density at radius 3 is 1.21 bits per heavy atom. The molecule has 0 amide bonds. The Bertz CT molecular complexity index is 2510. The summed E-state index contributed by atoms with van der Waals surface area (Å²) in [4.78, 5) is 32.4. The second-order valence-electron chi connectivity index (χ2n) is 25.7. The highest BCUT2D eigenvalue weighted by Crippen LogP contribution is 2.29. The van der Waals surface area contributed by atoms with Crippen molar-refractivity contribution in [1.29, 1.82) is 0 Å². The van der Waals surface area contributed by atoms with Crippen molar-refractivity contribution in [3.05, 3.63) is 198 Å². The van der Waals surface area contributed by atoms with Gasteiger partial charge in [-0.25, -0.2) is 38.3 Å². The van der Waals surface area contributed by atoms with Gasteiger partial charge in [-0.05, 0) is 130 Å². The van der Waals surface area contributed by atoms with E-state index >= 15 is 0 Å². The molecular weight excluding hydrogens is 1110 g/mol. The van der Waals surface area contributed by atoms with E-state index in [1.54, 1.807) is 55.4 Å². The zero-order valence-electron chi connectivity index (χ0n) is 58.6. The quantitative estimate of drug-likeness (QED) is 0.122. The first kappa shape index (κ1) is 83.3. The number of aromatic nitrogens is 8. The highest BCUT2D eigenvalue weighted by atomic mass is 35.5. The Kier molecular flexibility index (Phi) is 47.0. The van der Waals surface area contributed by atoms with E-state index in [1.807, 2.05) is 74.8 Å². The third kappa shape index (κ3) is 45.2. The Morgan fingerprint density at radius 1 is 0.402 bits per heavy atom. The predicted molar refractivity (Wildman–Crippen MR) is 376 cm³/mol. The van der Waals surface area contributed by atoms with Crippen LogP contribution in [-0.4, -0.2) is 54.5 Å². The molecule has 0 saturated heterocycles. The summed E-state index contributed by atoms with van der Waals surface area (Å²) in [5, 5.41) is 0.513. The van der Waals surface area contributed by atoms with Crippen molar-refractivity contribution >= 4 is 21.4 Å². The van der Waals surface area contributed by atoms with Crippen LogP contribution in [0.3, 0.4) is 0 Å². The number of nitrogens with zero attached hydrogens (tertiary/aromatic N) is 8. The molecule has 10 nitrogen and oxygen atoms in total. The Morgan fingerprint density at radius 2 is 0.885 bits per heavy atom. The van der Waals surface area contributed by atoms with Crippen molar-refractivity contribution in [1.82, 2.24) is 39.9 Å². The van der Waals surface area contributed by atoms with Crippen molar-refractivity contribution < 1.29 is 8.42 Å². The number of benzene rings is 2. The molecule has 1 aliphatic rings. The molecule has 0 unspecified atom stereocenters. The molecule has 0 spiro atoms. The van der Waals surface area contributed by atoms with Crippen molar-refractivity contribution in [2.45, 2.75) is 238 Å². The first-order chi connectivity index (χ1) is 40.8. The van der Waals surface area contributed by atoms with Crippen LogP contribution >= 0.6 is 11.6 Å². The van der Waals surface area contributed by atoms with E-state index in [9.17, 15) is 8.42 Å². The summed E-state index contributed by atoms with van der Waals surface area (Å²) in [5.41, 5.74) is 7.03. The van der Waals surface area contributed by atoms with Gasteiger partial charge in [0.2, 0.25) is 0 Å². The van der Waals surface area contributed by atoms with E-state index in [4.69, 9.17) is 11.6 Å². The largest absolute Gasteiger partial charge is 0.264 e. The average molecular weight is 1230 g/mol. The van der Waals surface area contributed by atoms with E-state index in [0.29, 0.717) is 51.5 Å². The van der Waals surface area contributed by atoms with Crippen LogP contribution in [0, 0.1) is 29.6 Å². The lowest BCUT2D eigenvalue weighted by Gasteiger charge is -2.24. The van der Waals surface area contributed by atoms with Crippen molar-refractivity contribution in [2.75, 3.05) is 6.26 Å². The molecule has 1 aliphatic carbocycles. The second-order valence-corrected chi connectivity index (χ2v) is 28.2. The van der Waals surface area contributed by atoms with Gasteiger partial charge in [0, 0.05) is 66.4 Å². The van der Waals surface area contributed by atoms with Crippen molar-refractivity contribution in [3.63, 3.8) is 0 Å². The molecule has 0 radical (unpaired) electrons. The molecule has 8 rings (SSSR count). The van der Waals surface area contributed by atoms with Crippen LogP contribution in [0.15, 0.2) is 158 Å². The van der Waals surface area contributed by atoms with E-state index in [0.717, 1.165) is 58.1 Å². The second kappa shape index (κ2) is 49.1. The molecule has 7 aromatic rings. The third-order valence-corrected chi connectivity index (χ3v) is 14.8. The summed E-state index contributed by atoms with van der Waals surface area (Å²) in [7, 11) is -3.06. The maximum Gasteiger partial charge on any atom is 0.175 e. The molecule has 2 aromatic carbocycles. The smallest absolute Gasteiger partial charge is 0.175 e. The molecule has 484 valence electrons. The van der Waals surface area contributed by atoms with Gasteiger partial charge in [0.1, 0.15) is 23.6 Å². The van der Waals surface area contributed by atoms with Gasteiger partial charge in [-0.1, -0.05) is 258 Å². The third-order valence-electron chi connectivity index (χ3n) is 13.5. The predicted octanol–water partition coefficient (Wildman–Crippen LogP) is 22.1. The van der Waals surface area contributed by atoms with Gasteiger partial charge in [0.25, 0.3) is 0 Å². The van der Waals surface area contributed by atoms with E-state index < -0.39 is 9.84 Å². The van der Waals surface area contributed by atoms with E-state index in [1.165, 1.54) is 55.8 Å². The number of pyridine rings is 2. The van der Waals surface area contributed by atoms with Crippen LogP contribution in [0.2, 0.25) is 5.15 Å². The average Bonchev–Trinajstić information content (AvgIpc) is 3.70. The molecule has 1 fully saturated rings. The Labute approximate surface area is 537 Å². The van der Waals surface area contributed by atoms with Gasteiger partial charge in [-0.3, -0.25) is 9.97 Å². The maximum atomic E-state index is 11.2. The molecule has 1 saturated carbocycles. The van der Waals surface area contributed by atoms with Crippen molar-refractivity contribution in [3.8, 4) is 0 Å². The fraction of sp³-hybridized carbons (Fsp3) is 0.547. The lowest BCUT2D eigenvalue weighted by molar-refractivity contribution is 0.279. The monoisotopic (exact) mass is 1230 g/mol. The van der Waals surface area contributed by atoms with E-state index in [-0.39, 0.29) is 0 Å². The maximum absolute atomic E-state index is 11.2. The summed E-state index contributed by atoms with van der Waals surface area (Å²) in [6, 6.07) is 33.2. The van der Waals surface area contributed by atoms with Crippen LogP contribution < -0.4 is 0 Å². The van der Waals surface area contributed by atoms with Crippen LogP contribution in [0.1, 0.15) is 272 Å². The molecular formula is C75H119ClN8O2S. The van der Waals surface area contributed by atoms with E-state index in [2.05, 4.69) is 216 Å². The summed E-state index contributed by atoms with van der Waals surface area (Å²) >= 11 is 5.64. The number of rotatable bonds is 10. The first-order valence-corrected chi connectivity index (χ1v) is 34.2. The minimum atomic E-state index is -3.06. The molecule has 0 aliphatic heterocycles. The number of halogens is 1. The zero-order valence-corrected chi connectivity index (χ0v) is 60.2. The van der Waals surface area contributed by atoms with Gasteiger partial charge < -0.3 is 0 Å². The minimum absolute atomic E-state index is 0.363. The Hall–Kier alpha value is -5.78. The molecule has 0 bridgehead atoms. The zero-order chi connectivity index (χ0) is 66.5. The molecule has 5 heterocycles. The van der Waals surface area contributed by atoms with Gasteiger partial charge >= 0.3 is 0 Å². The molecule has 0 atom stereocenters. The lowest BCUT2D eigenvalue weighted by Crippen LogP contribution is -2.12. The fourth-order valence-electron chi connectivity index (χ4n) is 7.09. The summed E-state index contributed by atoms with van der Waals surface area (Å²) in [6.07, 6.45) is 22.6. The van der Waals surface area contributed by atoms with Crippen LogP contribution in [-0.2, 0) is 9.84 Å². The number of hydrogen-bond donors (Lipinski definition) is 0. The standard InChI is InChI=1S/C10H14O2S.C9H18.C9H12.2C8H11N.C7H9ClN2.2C7H10N2.C6H14.C4H10/c1-8(2)9-5-4-6-10(7-9)13(3,11)12;2*1-8(2)9-6-4-3-5-7-9;1-7(2)8-4-3-5-9-6-8;1-7(2)8-5-3-4-6-9-8;1-5(2)6-3-7(8)10-4-9-6;1-6(2)7-3-4-8-5-9-7;1-6(2)7-8-4-3-5-9-7;1-5(2)6(3)4;1-4(2)3/h4-8H,1-3H3;8-9H,3-7H2,1-2H3;3-8H,1-2H3;2*3-7H,1-2H3;3-5H,1-2H3;2*3-6H,1-2H3;5-6H,1-4H3;4H,1-3H3. The fourth-order valence-corrected chi connectivity index (χ4v) is 7.92. The normalized spacial score (nSPS) is 11.8. The highest BCUT2D eigenvalue weighted by molar-refractivity contribution is 7.90. The SMILES string of the molecule is CC(C)C.CC(C)C(C)C.CC(C)C1CCCCC1.CC(C)c1cc(Cl)ncn1.CC(C)c1cccc(S(C)(=O)=O)c1.CC(C)c1ccccc1.CC(C)c1ccccn1.CC(C)c1cccnc1.CC(C)c1ccncn1.CC(C)c1ncccn1. The van der Waals surface area contributed by atoms with Crippen LogP contribution in [0.25, 0.3) is 0 Å². The summed E-state index contributed by atoms with van der Waals surface area (Å²) < 4.78 is 22.4. The first-order valence-electron chi connectivity index (χ1n) is 32.0. The highest BCUT2D eigenvalue weighted by Gasteiger charge is 2.16. The summed E-state index contributed by atoms with van der Waals surface area (Å²) in [5.74, 6) is 8.97. The number of hydrogen-bond acceptors (Lipinski definition) is 10. The molecule has 87 heavy (non-hydrogen) atoms. The van der Waals surface area contributed by atoms with Crippen LogP contribution in [0.5, 0.6) is 0 Å². The summed E-state index contributed by atoms with van der Waals surface area (Å²) in [6.45, 7) is 49.8. The Balaban J connectivity index is 0. The molecule has 5 aromatic heterocycles. The topological polar surface area (TPSA) is 137 Å². The van der Waals surface area contributed by atoms with Crippen molar-refractivity contribution in [2.24, 2.45) is 29.6 Å². The number of sulfone groups is 1.